The zero-order valence-corrected chi connectivity index (χ0v) is 35.7. The summed E-state index contributed by atoms with van der Waals surface area (Å²) in [5.41, 5.74) is 14.3. The monoisotopic (exact) mass is 913 g/mol. The second kappa shape index (κ2) is 15.0. The fraction of sp³-hybridized carbons (Fsp3) is 0.216. The third-order valence-corrected chi connectivity index (χ3v) is 10.7. The number of aromatic nitrogens is 3. The first-order chi connectivity index (χ1) is 26.3. The van der Waals surface area contributed by atoms with Crippen molar-refractivity contribution in [2.45, 2.75) is 72.3 Å². The van der Waals surface area contributed by atoms with E-state index in [4.69, 9.17) is 9.97 Å². The number of phenolic OH excluding ortho intramolecular Hbond substituents is 1. The van der Waals surface area contributed by atoms with Gasteiger partial charge in [-0.25, -0.2) is 4.98 Å². The number of fused-ring (bicyclic) bond motifs is 2. The van der Waals surface area contributed by atoms with Crippen molar-refractivity contribution in [2.75, 3.05) is 0 Å². The Morgan fingerprint density at radius 3 is 1.80 bits per heavy atom. The predicted octanol–water partition coefficient (Wildman–Crippen LogP) is 13.6. The van der Waals surface area contributed by atoms with Gasteiger partial charge in [-0.1, -0.05) is 132 Å². The quantitative estimate of drug-likeness (QED) is 0.169. The summed E-state index contributed by atoms with van der Waals surface area (Å²) in [6, 6.07) is 48.6. The van der Waals surface area contributed by atoms with Gasteiger partial charge in [-0.3, -0.25) is 4.98 Å². The van der Waals surface area contributed by atoms with Gasteiger partial charge in [0, 0.05) is 44.2 Å². The zero-order valence-electron chi connectivity index (χ0n) is 33.4. The van der Waals surface area contributed by atoms with Crippen LogP contribution >= 0.6 is 0 Å². The normalized spacial score (nSPS) is 12.0. The third kappa shape index (κ3) is 7.24. The van der Waals surface area contributed by atoms with Crippen LogP contribution in [0.3, 0.4) is 0 Å². The smallest absolute Gasteiger partial charge is 0.144 e. The number of imidazole rings is 1. The maximum Gasteiger partial charge on any atom is 0.144 e. The maximum absolute atomic E-state index is 11.4. The van der Waals surface area contributed by atoms with Crippen LogP contribution in [0.4, 0.5) is 0 Å². The average molecular weight is 914 g/mol. The molecule has 0 bridgehead atoms. The molecule has 0 aliphatic heterocycles. The number of hydrogen-bond acceptors (Lipinski definition) is 3. The van der Waals surface area contributed by atoms with E-state index >= 15 is 0 Å². The van der Waals surface area contributed by atoms with E-state index in [1.165, 1.54) is 11.1 Å². The first-order valence-electron chi connectivity index (χ1n) is 19.2. The van der Waals surface area contributed by atoms with Crippen LogP contribution in [0.5, 0.6) is 5.75 Å². The Labute approximate surface area is 345 Å². The molecule has 4 nitrogen and oxygen atoms in total. The Hall–Kier alpha value is -5.31. The summed E-state index contributed by atoms with van der Waals surface area (Å²) in [5.74, 6) is 0.967. The van der Waals surface area contributed by atoms with Gasteiger partial charge in [-0.05, 0) is 88.4 Å². The molecular weight excluding hydrogens is 866 g/mol. The minimum Gasteiger partial charge on any atom is -0.507 e. The molecule has 0 aliphatic carbocycles. The standard InChI is InChI=1S/C51H48N3O.Pt/c1-32(2)54-45-28-37(33-16-11-9-12-17-33)27-41(48(45)53-49(54)44-29-38(50(3,4)5)22-23-46(44)55)35-20-15-21-36(26-35)42-30-39(51(6,7)8)31-43-40(24-25-52-47(42)43)34-18-13-10-14-19-34;/h9-25,27-32,55H,1-8H3;/q-1;. The summed E-state index contributed by atoms with van der Waals surface area (Å²) in [5, 5.41) is 12.5. The van der Waals surface area contributed by atoms with Crippen molar-refractivity contribution in [3.05, 3.63) is 151 Å². The van der Waals surface area contributed by atoms with E-state index < -0.39 is 0 Å². The number of pyridine rings is 1. The number of aromatic hydroxyl groups is 1. The van der Waals surface area contributed by atoms with E-state index in [-0.39, 0.29) is 43.7 Å². The molecule has 56 heavy (non-hydrogen) atoms. The second-order valence-corrected chi connectivity index (χ2v) is 17.0. The average Bonchev–Trinajstić information content (AvgIpc) is 3.57. The van der Waals surface area contributed by atoms with Crippen LogP contribution in [0.2, 0.25) is 0 Å². The fourth-order valence-corrected chi connectivity index (χ4v) is 7.64. The molecule has 1 N–H and O–H groups in total. The molecule has 284 valence electrons. The van der Waals surface area contributed by atoms with Gasteiger partial charge in [0.05, 0.1) is 16.6 Å². The second-order valence-electron chi connectivity index (χ2n) is 17.0. The molecule has 0 aliphatic rings. The van der Waals surface area contributed by atoms with Gasteiger partial charge in [0.25, 0.3) is 0 Å². The van der Waals surface area contributed by atoms with Crippen LogP contribution in [0, 0.1) is 6.07 Å². The van der Waals surface area contributed by atoms with Crippen molar-refractivity contribution >= 4 is 21.9 Å². The Morgan fingerprint density at radius 1 is 0.571 bits per heavy atom. The molecule has 0 radical (unpaired) electrons. The molecule has 6 aromatic carbocycles. The molecular formula is C51H48N3OPt-. The number of rotatable bonds is 6. The molecule has 0 spiro atoms. The third-order valence-electron chi connectivity index (χ3n) is 10.7. The van der Waals surface area contributed by atoms with Gasteiger partial charge in [-0.15, -0.1) is 35.4 Å². The van der Waals surface area contributed by atoms with Crippen LogP contribution in [0.15, 0.2) is 134 Å². The van der Waals surface area contributed by atoms with Crippen molar-refractivity contribution in [1.29, 1.82) is 0 Å². The van der Waals surface area contributed by atoms with Crippen LogP contribution in [-0.4, -0.2) is 19.6 Å². The van der Waals surface area contributed by atoms with E-state index in [1.54, 1.807) is 6.07 Å². The molecule has 5 heteroatoms. The summed E-state index contributed by atoms with van der Waals surface area (Å²) >= 11 is 0. The molecule has 0 unspecified atom stereocenters. The summed E-state index contributed by atoms with van der Waals surface area (Å²) < 4.78 is 2.27. The SMILES string of the molecule is CC(C)n1c(-c2cc(C(C)(C)C)ccc2O)nc2c(-c3[c-]c(-c4cc(C(C)(C)C)cc5c(-c6ccccc6)ccnc45)ccc3)cc(-c3ccccc3)cc21.[Pt]. The Morgan fingerprint density at radius 2 is 1.18 bits per heavy atom. The van der Waals surface area contributed by atoms with Gasteiger partial charge < -0.3 is 9.67 Å². The van der Waals surface area contributed by atoms with Crippen molar-refractivity contribution in [3.8, 4) is 61.6 Å². The van der Waals surface area contributed by atoms with E-state index in [9.17, 15) is 5.11 Å². The Balaban J connectivity index is 0.00000480. The summed E-state index contributed by atoms with van der Waals surface area (Å²) in [4.78, 5) is 10.4. The summed E-state index contributed by atoms with van der Waals surface area (Å²) in [6.07, 6.45) is 1.92. The van der Waals surface area contributed by atoms with Gasteiger partial charge in [-0.2, -0.15) is 0 Å². The van der Waals surface area contributed by atoms with Gasteiger partial charge in [0.2, 0.25) is 0 Å². The summed E-state index contributed by atoms with van der Waals surface area (Å²) in [7, 11) is 0. The van der Waals surface area contributed by atoms with Gasteiger partial charge in [0.1, 0.15) is 11.6 Å². The predicted molar refractivity (Wildman–Crippen MR) is 230 cm³/mol. The number of benzene rings is 6. The van der Waals surface area contributed by atoms with E-state index in [0.717, 1.165) is 77.8 Å². The first-order valence-corrected chi connectivity index (χ1v) is 19.2. The maximum atomic E-state index is 11.4. The number of nitrogens with zero attached hydrogens (tertiary/aromatic N) is 3. The molecule has 8 rings (SSSR count). The number of phenols is 1. The van der Waals surface area contributed by atoms with E-state index in [0.29, 0.717) is 0 Å². The minimum absolute atomic E-state index is 0. The largest absolute Gasteiger partial charge is 0.507 e. The molecule has 8 aromatic rings. The van der Waals surface area contributed by atoms with Gasteiger partial charge in [0.15, 0.2) is 0 Å². The van der Waals surface area contributed by atoms with Crippen LogP contribution in [0.1, 0.15) is 72.6 Å². The molecule has 0 saturated carbocycles. The molecule has 0 amide bonds. The molecule has 0 fully saturated rings. The topological polar surface area (TPSA) is 50.9 Å². The zero-order chi connectivity index (χ0) is 38.6. The molecule has 2 heterocycles. The van der Waals surface area contributed by atoms with Crippen LogP contribution in [0.25, 0.3) is 77.8 Å². The molecule has 0 saturated heterocycles. The first kappa shape index (κ1) is 38.9. The fourth-order valence-electron chi connectivity index (χ4n) is 7.64. The van der Waals surface area contributed by atoms with Crippen molar-refractivity contribution in [1.82, 2.24) is 14.5 Å². The van der Waals surface area contributed by atoms with Crippen LogP contribution < -0.4 is 0 Å². The van der Waals surface area contributed by atoms with Crippen molar-refractivity contribution in [3.63, 3.8) is 0 Å². The van der Waals surface area contributed by atoms with E-state index in [2.05, 4.69) is 181 Å². The van der Waals surface area contributed by atoms with Crippen molar-refractivity contribution < 1.29 is 26.2 Å². The van der Waals surface area contributed by atoms with Gasteiger partial charge >= 0.3 is 0 Å². The number of hydrogen-bond donors (Lipinski definition) is 1. The molecule has 2 aromatic heterocycles. The minimum atomic E-state index is -0.0939. The molecule has 0 atom stereocenters. The van der Waals surface area contributed by atoms with Crippen LogP contribution in [-0.2, 0) is 31.9 Å². The van der Waals surface area contributed by atoms with E-state index in [1.807, 2.05) is 12.3 Å². The summed E-state index contributed by atoms with van der Waals surface area (Å²) in [6.45, 7) is 17.7. The Bertz CT molecular complexity index is 2700. The Kier molecular flexibility index (Phi) is 10.4. The van der Waals surface area contributed by atoms with Crippen molar-refractivity contribution in [2.24, 2.45) is 0 Å².